The molecule has 2 amide bonds. The highest BCUT2D eigenvalue weighted by molar-refractivity contribution is 5.84. The van der Waals surface area contributed by atoms with Gasteiger partial charge in [0.1, 0.15) is 5.75 Å². The Morgan fingerprint density at radius 3 is 2.66 bits per heavy atom. The summed E-state index contributed by atoms with van der Waals surface area (Å²) in [5, 5.41) is 2.46. The van der Waals surface area contributed by atoms with Crippen LogP contribution in [0.2, 0.25) is 0 Å². The molecule has 29 heavy (non-hydrogen) atoms. The maximum Gasteiger partial charge on any atom is 0.311 e. The number of rotatable bonds is 9. The highest BCUT2D eigenvalue weighted by Gasteiger charge is 2.41. The van der Waals surface area contributed by atoms with Crippen LogP contribution in [0.15, 0.2) is 24.3 Å². The Hall–Kier alpha value is -3.01. The second-order valence-corrected chi connectivity index (χ2v) is 6.89. The Bertz CT molecular complexity index is 753. The van der Waals surface area contributed by atoms with Gasteiger partial charge in [0.05, 0.1) is 25.6 Å². The average molecular weight is 400 g/mol. The summed E-state index contributed by atoms with van der Waals surface area (Å²) < 4.78 is 10.5. The minimum atomic E-state index is -0.543. The molecule has 1 aromatic rings. The molecule has 0 aromatic heterocycles. The van der Waals surface area contributed by atoms with E-state index in [-0.39, 0.29) is 18.9 Å². The molecule has 1 N–H and O–H groups in total. The van der Waals surface area contributed by atoms with Crippen LogP contribution >= 0.6 is 0 Å². The van der Waals surface area contributed by atoms with Crippen LogP contribution in [0, 0.1) is 18.3 Å². The van der Waals surface area contributed by atoms with Crippen molar-refractivity contribution in [2.24, 2.45) is 5.92 Å². The van der Waals surface area contributed by atoms with Crippen molar-refractivity contribution in [3.63, 3.8) is 0 Å². The van der Waals surface area contributed by atoms with E-state index in [1.807, 2.05) is 24.3 Å². The molecule has 1 aliphatic rings. The number of carbonyl (C=O) groups excluding carboxylic acids is 3. The summed E-state index contributed by atoms with van der Waals surface area (Å²) in [5.41, 5.74) is 0.841. The number of amides is 2. The number of piperidine rings is 1. The number of nitrogens with one attached hydrogen (secondary N) is 1. The number of likely N-dealkylation sites (tertiary alicyclic amines) is 1. The summed E-state index contributed by atoms with van der Waals surface area (Å²) in [4.78, 5) is 38.9. The minimum Gasteiger partial charge on any atom is -0.497 e. The third-order valence-electron chi connectivity index (χ3n) is 4.95. The second kappa shape index (κ2) is 11.1. The number of ether oxygens (including phenoxy) is 2. The standard InChI is InChI=1S/C22H28N2O5/c1-4-6-14-24-20(26)12-11-18(22(27)29-15-19(25)23-13-5-2)21(24)16-7-9-17(28-3)10-8-16/h2,7-10,18,21H,4,6,11-15H2,1,3H3,(H,23,25)/t18-,21-/m0/s1. The van der Waals surface area contributed by atoms with Gasteiger partial charge in [-0.3, -0.25) is 14.4 Å². The SMILES string of the molecule is C#CCNC(=O)COC(=O)[C@H]1CCC(=O)N(CCCC)[C@H]1c1ccc(OC)cc1. The molecular weight excluding hydrogens is 372 g/mol. The molecule has 0 spiro atoms. The molecule has 7 nitrogen and oxygen atoms in total. The summed E-state index contributed by atoms with van der Waals surface area (Å²) in [5.74, 6) is 1.52. The Kier molecular flexibility index (Phi) is 8.53. The van der Waals surface area contributed by atoms with Gasteiger partial charge in [-0.2, -0.15) is 0 Å². The topological polar surface area (TPSA) is 84.9 Å². The first-order valence-corrected chi connectivity index (χ1v) is 9.82. The van der Waals surface area contributed by atoms with E-state index in [0.717, 1.165) is 18.4 Å². The fraction of sp³-hybridized carbons (Fsp3) is 0.500. The number of carbonyl (C=O) groups is 3. The smallest absolute Gasteiger partial charge is 0.311 e. The molecule has 2 atom stereocenters. The van der Waals surface area contributed by atoms with Crippen molar-refractivity contribution < 1.29 is 23.9 Å². The lowest BCUT2D eigenvalue weighted by Crippen LogP contribution is -2.46. The monoisotopic (exact) mass is 400 g/mol. The molecule has 1 fully saturated rings. The van der Waals surface area contributed by atoms with Gasteiger partial charge in [0.2, 0.25) is 5.91 Å². The first-order valence-electron chi connectivity index (χ1n) is 9.82. The van der Waals surface area contributed by atoms with E-state index in [9.17, 15) is 14.4 Å². The summed E-state index contributed by atoms with van der Waals surface area (Å²) >= 11 is 0. The average Bonchev–Trinajstić information content (AvgIpc) is 2.75. The van der Waals surface area contributed by atoms with E-state index >= 15 is 0 Å². The summed E-state index contributed by atoms with van der Waals surface area (Å²) in [6.45, 7) is 2.30. The molecule has 2 rings (SSSR count). The van der Waals surface area contributed by atoms with Crippen LogP contribution < -0.4 is 10.1 Å². The van der Waals surface area contributed by atoms with Crippen molar-refractivity contribution in [2.45, 2.75) is 38.6 Å². The van der Waals surface area contributed by atoms with Crippen molar-refractivity contribution in [3.05, 3.63) is 29.8 Å². The third-order valence-corrected chi connectivity index (χ3v) is 4.95. The Labute approximate surface area is 171 Å². The van der Waals surface area contributed by atoms with Gasteiger partial charge in [-0.1, -0.05) is 31.4 Å². The van der Waals surface area contributed by atoms with Crippen molar-refractivity contribution in [3.8, 4) is 18.1 Å². The molecule has 0 aliphatic carbocycles. The molecule has 0 bridgehead atoms. The minimum absolute atomic E-state index is 0.0232. The maximum absolute atomic E-state index is 12.8. The molecular formula is C22H28N2O5. The Morgan fingerprint density at radius 2 is 2.03 bits per heavy atom. The van der Waals surface area contributed by atoms with Crippen LogP contribution in [-0.4, -0.2) is 49.5 Å². The number of terminal acetylenes is 1. The summed E-state index contributed by atoms with van der Waals surface area (Å²) in [6.07, 6.45) is 7.53. The molecule has 1 saturated heterocycles. The first kappa shape index (κ1) is 22.3. The number of benzene rings is 1. The van der Waals surface area contributed by atoms with Gasteiger partial charge in [0.25, 0.3) is 5.91 Å². The van der Waals surface area contributed by atoms with E-state index in [0.29, 0.717) is 18.7 Å². The zero-order valence-corrected chi connectivity index (χ0v) is 17.0. The fourth-order valence-electron chi connectivity index (χ4n) is 3.45. The van der Waals surface area contributed by atoms with Crippen molar-refractivity contribution in [1.29, 1.82) is 0 Å². The maximum atomic E-state index is 12.8. The van der Waals surface area contributed by atoms with Crippen LogP contribution in [0.4, 0.5) is 0 Å². The predicted molar refractivity (Wildman–Crippen MR) is 108 cm³/mol. The van der Waals surface area contributed by atoms with Gasteiger partial charge in [-0.05, 0) is 30.5 Å². The molecule has 7 heteroatoms. The molecule has 1 aliphatic heterocycles. The van der Waals surface area contributed by atoms with E-state index in [1.54, 1.807) is 12.0 Å². The van der Waals surface area contributed by atoms with Gasteiger partial charge in [0, 0.05) is 13.0 Å². The van der Waals surface area contributed by atoms with Crippen LogP contribution in [0.3, 0.4) is 0 Å². The third kappa shape index (κ3) is 5.98. The second-order valence-electron chi connectivity index (χ2n) is 6.89. The van der Waals surface area contributed by atoms with Crippen LogP contribution in [-0.2, 0) is 19.1 Å². The highest BCUT2D eigenvalue weighted by Crippen LogP contribution is 2.38. The van der Waals surface area contributed by atoms with Crippen molar-refractivity contribution in [1.82, 2.24) is 10.2 Å². The number of hydrogen-bond donors (Lipinski definition) is 1. The van der Waals surface area contributed by atoms with E-state index in [2.05, 4.69) is 18.2 Å². The Morgan fingerprint density at radius 1 is 1.31 bits per heavy atom. The predicted octanol–water partition coefficient (Wildman–Crippen LogP) is 2.07. The first-order chi connectivity index (χ1) is 14.0. The van der Waals surface area contributed by atoms with Crippen LogP contribution in [0.25, 0.3) is 0 Å². The lowest BCUT2D eigenvalue weighted by atomic mass is 9.84. The zero-order valence-electron chi connectivity index (χ0n) is 17.0. The molecule has 1 heterocycles. The lowest BCUT2D eigenvalue weighted by molar-refractivity contribution is -0.159. The van der Waals surface area contributed by atoms with Crippen LogP contribution in [0.1, 0.15) is 44.2 Å². The lowest BCUT2D eigenvalue weighted by Gasteiger charge is -2.40. The summed E-state index contributed by atoms with van der Waals surface area (Å²) in [7, 11) is 1.58. The van der Waals surface area contributed by atoms with E-state index in [1.165, 1.54) is 0 Å². The van der Waals surface area contributed by atoms with Gasteiger partial charge in [0.15, 0.2) is 6.61 Å². The van der Waals surface area contributed by atoms with E-state index in [4.69, 9.17) is 15.9 Å². The molecule has 156 valence electrons. The number of nitrogens with zero attached hydrogens (tertiary/aromatic N) is 1. The van der Waals surface area contributed by atoms with E-state index < -0.39 is 30.4 Å². The number of methoxy groups -OCH3 is 1. The quantitative estimate of drug-likeness (QED) is 0.507. The van der Waals surface area contributed by atoms with Crippen molar-refractivity contribution in [2.75, 3.05) is 26.8 Å². The summed E-state index contributed by atoms with van der Waals surface area (Å²) in [6, 6.07) is 6.90. The van der Waals surface area contributed by atoms with Crippen molar-refractivity contribution >= 4 is 17.8 Å². The fourth-order valence-corrected chi connectivity index (χ4v) is 3.45. The highest BCUT2D eigenvalue weighted by atomic mass is 16.5. The van der Waals surface area contributed by atoms with Crippen LogP contribution in [0.5, 0.6) is 5.75 Å². The molecule has 0 saturated carbocycles. The molecule has 0 unspecified atom stereocenters. The normalized spacial score (nSPS) is 18.7. The van der Waals surface area contributed by atoms with Gasteiger partial charge in [-0.25, -0.2) is 0 Å². The van der Waals surface area contributed by atoms with Gasteiger partial charge < -0.3 is 19.7 Å². The van der Waals surface area contributed by atoms with Gasteiger partial charge >= 0.3 is 5.97 Å². The molecule has 0 radical (unpaired) electrons. The number of unbranched alkanes of at least 4 members (excludes halogenated alkanes) is 1. The van der Waals surface area contributed by atoms with Gasteiger partial charge in [-0.15, -0.1) is 6.42 Å². The number of hydrogen-bond acceptors (Lipinski definition) is 5. The largest absolute Gasteiger partial charge is 0.497 e. The zero-order chi connectivity index (χ0) is 21.2. The number of esters is 1. The molecule has 1 aromatic carbocycles. The Balaban J connectivity index is 2.22.